The molecule has 9 nitrogen and oxygen atoms in total. The van der Waals surface area contributed by atoms with Gasteiger partial charge in [0.1, 0.15) is 24.4 Å². The van der Waals surface area contributed by atoms with Crippen molar-refractivity contribution in [2.45, 2.75) is 333 Å². The van der Waals surface area contributed by atoms with Crippen LogP contribution >= 0.6 is 0 Å². The molecule has 9 heteroatoms. The second kappa shape index (κ2) is 59.3. The minimum absolute atomic E-state index is 0.202. The fourth-order valence-corrected chi connectivity index (χ4v) is 10.2. The van der Waals surface area contributed by atoms with E-state index in [9.17, 15) is 30.3 Å². The predicted octanol–water partition coefficient (Wildman–Crippen LogP) is 17.9. The highest BCUT2D eigenvalue weighted by Gasteiger charge is 2.44. The Morgan fingerprint density at radius 3 is 1.20 bits per heavy atom. The first kappa shape index (κ1) is 75.1. The molecule has 1 aliphatic rings. The van der Waals surface area contributed by atoms with Crippen LogP contribution in [0.1, 0.15) is 290 Å². The monoisotopic (exact) mass is 1120 g/mol. The smallest absolute Gasteiger partial charge is 0.220 e. The Hall–Kier alpha value is -2.89. The molecular formula is C71H125NO8. The number of ether oxygens (including phenoxy) is 2. The third-order valence-corrected chi connectivity index (χ3v) is 15.4. The van der Waals surface area contributed by atoms with Gasteiger partial charge in [-0.3, -0.25) is 4.79 Å². The van der Waals surface area contributed by atoms with Gasteiger partial charge >= 0.3 is 0 Å². The van der Waals surface area contributed by atoms with E-state index in [-0.39, 0.29) is 12.5 Å². The Kier molecular flexibility index (Phi) is 55.7. The van der Waals surface area contributed by atoms with Gasteiger partial charge in [-0.25, -0.2) is 0 Å². The minimum Gasteiger partial charge on any atom is -0.394 e. The molecule has 1 rings (SSSR count). The summed E-state index contributed by atoms with van der Waals surface area (Å²) in [5.74, 6) is -0.202. The highest BCUT2D eigenvalue weighted by atomic mass is 16.7. The lowest BCUT2D eigenvalue weighted by Gasteiger charge is -2.40. The summed E-state index contributed by atoms with van der Waals surface area (Å²) in [6.45, 7) is 3.66. The Morgan fingerprint density at radius 1 is 0.438 bits per heavy atom. The van der Waals surface area contributed by atoms with E-state index in [1.165, 1.54) is 167 Å². The zero-order chi connectivity index (χ0) is 57.9. The summed E-state index contributed by atoms with van der Waals surface area (Å²) in [6, 6.07) is -0.839. The van der Waals surface area contributed by atoms with Crippen LogP contribution in [-0.2, 0) is 14.3 Å². The van der Waals surface area contributed by atoms with Gasteiger partial charge in [0.05, 0.1) is 25.4 Å². The summed E-state index contributed by atoms with van der Waals surface area (Å²) in [5, 5.41) is 54.7. The van der Waals surface area contributed by atoms with Crippen LogP contribution in [0.5, 0.6) is 0 Å². The number of amides is 1. The summed E-state index contributed by atoms with van der Waals surface area (Å²) < 4.78 is 11.3. The van der Waals surface area contributed by atoms with Gasteiger partial charge in [0.2, 0.25) is 5.91 Å². The zero-order valence-corrected chi connectivity index (χ0v) is 51.6. The number of carbonyl (C=O) groups excluding carboxylic acids is 1. The molecule has 1 saturated heterocycles. The normalized spacial score (nSPS) is 19.1. The predicted molar refractivity (Wildman–Crippen MR) is 341 cm³/mol. The first-order valence-corrected chi connectivity index (χ1v) is 33.5. The molecule has 1 aliphatic heterocycles. The molecule has 0 aliphatic carbocycles. The standard InChI is InChI=1S/C71H125NO8/c1-3-5-7-9-11-13-15-17-19-21-23-25-27-29-30-31-32-33-34-35-37-38-40-42-44-46-48-50-52-54-56-58-60-65(74)64(63-79-71-70(78)69(77)68(76)66(62-73)80-71)72-67(75)61-59-57-55-53-51-49-47-45-43-41-39-36-28-26-24-22-20-18-16-14-12-10-8-6-4-2/h6,8,12,14,18,20,24,26,36,39,43,45,50,52,58,60,64-66,68-71,73-74,76-78H,3-5,7,9-11,13,15-17,19,21-23,25,27-35,37-38,40-42,44,46-49,51,53-57,59,61-63H2,1-2H3,(H,72,75)/b8-6-,14-12-,20-18-,26-24-,39-36-,45-43-,52-50+,60-58+. The zero-order valence-electron chi connectivity index (χ0n) is 51.6. The molecule has 0 radical (unpaired) electrons. The molecule has 0 bridgehead atoms. The number of aliphatic hydroxyl groups excluding tert-OH is 5. The van der Waals surface area contributed by atoms with Crippen molar-refractivity contribution in [3.8, 4) is 0 Å². The fourth-order valence-electron chi connectivity index (χ4n) is 10.2. The first-order valence-electron chi connectivity index (χ1n) is 33.5. The van der Waals surface area contributed by atoms with Crippen LogP contribution < -0.4 is 5.32 Å². The highest BCUT2D eigenvalue weighted by molar-refractivity contribution is 5.76. The van der Waals surface area contributed by atoms with Crippen LogP contribution in [-0.4, -0.2) is 87.5 Å². The average molecular weight is 1120 g/mol. The first-order chi connectivity index (χ1) is 39.3. The van der Waals surface area contributed by atoms with Gasteiger partial charge in [0.25, 0.3) is 0 Å². The van der Waals surface area contributed by atoms with Crippen molar-refractivity contribution in [2.75, 3.05) is 13.2 Å². The van der Waals surface area contributed by atoms with Crippen molar-refractivity contribution in [3.63, 3.8) is 0 Å². The van der Waals surface area contributed by atoms with Gasteiger partial charge in [0, 0.05) is 6.42 Å². The van der Waals surface area contributed by atoms with Gasteiger partial charge in [-0.05, 0) is 83.5 Å². The van der Waals surface area contributed by atoms with E-state index >= 15 is 0 Å². The lowest BCUT2D eigenvalue weighted by molar-refractivity contribution is -0.302. The molecule has 1 amide bonds. The molecule has 1 fully saturated rings. The Balaban J connectivity index is 2.20. The third kappa shape index (κ3) is 47.6. The molecular weight excluding hydrogens is 995 g/mol. The van der Waals surface area contributed by atoms with Crippen LogP contribution in [0.25, 0.3) is 0 Å². The van der Waals surface area contributed by atoms with Crippen LogP contribution in [0.3, 0.4) is 0 Å². The molecule has 0 aromatic heterocycles. The molecule has 80 heavy (non-hydrogen) atoms. The lowest BCUT2D eigenvalue weighted by Crippen LogP contribution is -2.60. The molecule has 0 aromatic rings. The van der Waals surface area contributed by atoms with E-state index in [4.69, 9.17) is 9.47 Å². The maximum absolute atomic E-state index is 13.1. The summed E-state index contributed by atoms with van der Waals surface area (Å²) in [7, 11) is 0. The lowest BCUT2D eigenvalue weighted by atomic mass is 9.99. The number of hydrogen-bond acceptors (Lipinski definition) is 8. The van der Waals surface area contributed by atoms with Gasteiger partial charge in [0.15, 0.2) is 6.29 Å². The minimum atomic E-state index is -1.58. The van der Waals surface area contributed by atoms with Gasteiger partial charge in [-0.1, -0.05) is 297 Å². The van der Waals surface area contributed by atoms with Crippen LogP contribution in [0.4, 0.5) is 0 Å². The highest BCUT2D eigenvalue weighted by Crippen LogP contribution is 2.23. The van der Waals surface area contributed by atoms with Crippen molar-refractivity contribution in [1.82, 2.24) is 5.32 Å². The van der Waals surface area contributed by atoms with E-state index < -0.39 is 49.5 Å². The molecule has 0 aromatic carbocycles. The molecule has 1 heterocycles. The Labute approximate surface area is 492 Å². The number of unbranched alkanes of at least 4 members (excludes halogenated alkanes) is 33. The molecule has 0 saturated carbocycles. The number of nitrogens with one attached hydrogen (secondary N) is 1. The largest absolute Gasteiger partial charge is 0.394 e. The second-order valence-electron chi connectivity index (χ2n) is 22.9. The summed E-state index contributed by atoms with van der Waals surface area (Å²) in [4.78, 5) is 13.1. The quantitative estimate of drug-likeness (QED) is 0.0261. The SMILES string of the molecule is CC/C=C\C/C=C\C/C=C\C/C=C\C/C=C\C/C=C\CCCCCCCCC(=O)NC(COC1OC(CO)C(O)C(O)C1O)C(O)/C=C/CC/C=C/CCCCCCCCCCCCCCCCCCCCCCCCCCCC. The Bertz CT molecular complexity index is 1580. The summed E-state index contributed by atoms with van der Waals surface area (Å²) in [6.07, 6.45) is 79.3. The summed E-state index contributed by atoms with van der Waals surface area (Å²) in [5.41, 5.74) is 0. The third-order valence-electron chi connectivity index (χ3n) is 15.4. The van der Waals surface area contributed by atoms with E-state index in [1.807, 2.05) is 6.08 Å². The fraction of sp³-hybridized carbons (Fsp3) is 0.761. The van der Waals surface area contributed by atoms with E-state index in [0.29, 0.717) is 6.42 Å². The number of hydrogen-bond donors (Lipinski definition) is 6. The van der Waals surface area contributed by atoms with E-state index in [1.54, 1.807) is 6.08 Å². The van der Waals surface area contributed by atoms with Crippen molar-refractivity contribution in [3.05, 3.63) is 97.2 Å². The van der Waals surface area contributed by atoms with Gasteiger partial charge in [-0.15, -0.1) is 0 Å². The average Bonchev–Trinajstić information content (AvgIpc) is 3.46. The van der Waals surface area contributed by atoms with Crippen LogP contribution in [0.15, 0.2) is 97.2 Å². The van der Waals surface area contributed by atoms with Crippen LogP contribution in [0.2, 0.25) is 0 Å². The van der Waals surface area contributed by atoms with Crippen molar-refractivity contribution in [2.24, 2.45) is 0 Å². The molecule has 0 spiro atoms. The van der Waals surface area contributed by atoms with Crippen LogP contribution in [0, 0.1) is 0 Å². The Morgan fingerprint density at radius 2 is 0.787 bits per heavy atom. The van der Waals surface area contributed by atoms with Gasteiger partial charge < -0.3 is 40.3 Å². The molecule has 7 atom stereocenters. The van der Waals surface area contributed by atoms with E-state index in [2.05, 4.69) is 104 Å². The van der Waals surface area contributed by atoms with Crippen molar-refractivity contribution < 1.29 is 39.8 Å². The number of allylic oxidation sites excluding steroid dienone is 15. The second-order valence-corrected chi connectivity index (χ2v) is 22.9. The molecule has 6 N–H and O–H groups in total. The van der Waals surface area contributed by atoms with Crippen molar-refractivity contribution in [1.29, 1.82) is 0 Å². The van der Waals surface area contributed by atoms with Crippen molar-refractivity contribution >= 4 is 5.91 Å². The van der Waals surface area contributed by atoms with E-state index in [0.717, 1.165) is 103 Å². The van der Waals surface area contributed by atoms with Gasteiger partial charge in [-0.2, -0.15) is 0 Å². The molecule has 462 valence electrons. The topological polar surface area (TPSA) is 149 Å². The number of aliphatic hydroxyl groups is 5. The maximum atomic E-state index is 13.1. The number of rotatable bonds is 57. The maximum Gasteiger partial charge on any atom is 0.220 e. The molecule has 7 unspecified atom stereocenters. The number of carbonyl (C=O) groups is 1. The summed E-state index contributed by atoms with van der Waals surface area (Å²) >= 11 is 0.